The number of phenols is 1. The molecule has 0 aromatic heterocycles. The highest BCUT2D eigenvalue weighted by Crippen LogP contribution is 2.30. The van der Waals surface area contributed by atoms with Crippen LogP contribution in [0.1, 0.15) is 36.5 Å². The van der Waals surface area contributed by atoms with Crippen LogP contribution in [0.5, 0.6) is 5.75 Å². The van der Waals surface area contributed by atoms with E-state index in [2.05, 4.69) is 10.6 Å². The maximum absolute atomic E-state index is 12.7. The molecule has 1 unspecified atom stereocenters. The van der Waals surface area contributed by atoms with Crippen molar-refractivity contribution in [2.45, 2.75) is 32.2 Å². The number of carbonyl (C=O) groups excluding carboxylic acids is 3. The van der Waals surface area contributed by atoms with Gasteiger partial charge in [-0.15, -0.1) is 0 Å². The Kier molecular flexibility index (Phi) is 8.37. The van der Waals surface area contributed by atoms with Crippen LogP contribution in [-0.2, 0) is 14.3 Å². The third kappa shape index (κ3) is 6.31. The van der Waals surface area contributed by atoms with E-state index in [9.17, 15) is 19.5 Å². The number of ether oxygens (including phenoxy) is 1. The third-order valence-electron chi connectivity index (χ3n) is 4.49. The minimum absolute atomic E-state index is 0.0448. The van der Waals surface area contributed by atoms with Gasteiger partial charge in [-0.25, -0.2) is 4.79 Å². The summed E-state index contributed by atoms with van der Waals surface area (Å²) in [4.78, 5) is 36.4. The number of amides is 2. The van der Waals surface area contributed by atoms with Gasteiger partial charge in [-0.1, -0.05) is 12.1 Å². The van der Waals surface area contributed by atoms with Crippen molar-refractivity contribution in [1.29, 1.82) is 0 Å². The summed E-state index contributed by atoms with van der Waals surface area (Å²) in [6.45, 7) is 1.87. The van der Waals surface area contributed by atoms with Crippen molar-refractivity contribution >= 4 is 23.5 Å². The zero-order valence-electron chi connectivity index (χ0n) is 17.1. The van der Waals surface area contributed by atoms with E-state index in [1.54, 1.807) is 30.3 Å². The fourth-order valence-electron chi connectivity index (χ4n) is 3.06. The zero-order chi connectivity index (χ0) is 22.1. The summed E-state index contributed by atoms with van der Waals surface area (Å²) in [5.74, 6) is -1.16. The van der Waals surface area contributed by atoms with Crippen LogP contribution in [0, 0.1) is 0 Å². The molecule has 30 heavy (non-hydrogen) atoms. The number of methoxy groups -OCH3 is 1. The summed E-state index contributed by atoms with van der Waals surface area (Å²) in [7, 11) is 1.28. The van der Waals surface area contributed by atoms with Gasteiger partial charge in [0.15, 0.2) is 0 Å². The molecule has 0 aliphatic heterocycles. The van der Waals surface area contributed by atoms with Crippen LogP contribution in [0.4, 0.5) is 5.69 Å². The van der Waals surface area contributed by atoms with E-state index < -0.39 is 12.0 Å². The monoisotopic (exact) mass is 413 g/mol. The van der Waals surface area contributed by atoms with E-state index >= 15 is 0 Å². The molecule has 0 bridgehead atoms. The number of benzene rings is 2. The van der Waals surface area contributed by atoms with E-state index in [1.165, 1.54) is 26.2 Å². The van der Waals surface area contributed by atoms with E-state index in [4.69, 9.17) is 10.5 Å². The van der Waals surface area contributed by atoms with Crippen molar-refractivity contribution in [2.24, 2.45) is 5.73 Å². The summed E-state index contributed by atoms with van der Waals surface area (Å²) < 4.78 is 4.84. The lowest BCUT2D eigenvalue weighted by molar-refractivity contribution is -0.125. The number of hydrogen-bond donors (Lipinski definition) is 4. The van der Waals surface area contributed by atoms with Crippen LogP contribution < -0.4 is 16.4 Å². The quantitative estimate of drug-likeness (QED) is 0.369. The molecule has 1 atom stereocenters. The first-order valence-electron chi connectivity index (χ1n) is 9.65. The van der Waals surface area contributed by atoms with E-state index in [0.29, 0.717) is 41.8 Å². The maximum atomic E-state index is 12.7. The van der Waals surface area contributed by atoms with Crippen molar-refractivity contribution in [3.8, 4) is 16.9 Å². The van der Waals surface area contributed by atoms with Crippen molar-refractivity contribution in [1.82, 2.24) is 5.32 Å². The molecule has 2 aromatic carbocycles. The normalized spacial score (nSPS) is 11.4. The molecule has 0 saturated heterocycles. The number of aromatic hydroxyl groups is 1. The number of nitrogens with two attached hydrogens (primary N) is 1. The maximum Gasteiger partial charge on any atom is 0.338 e. The van der Waals surface area contributed by atoms with E-state index in [1.807, 2.05) is 0 Å². The second kappa shape index (κ2) is 11.0. The fraction of sp³-hybridized carbons (Fsp3) is 0.318. The van der Waals surface area contributed by atoms with Crippen LogP contribution in [0.25, 0.3) is 11.1 Å². The molecule has 5 N–H and O–H groups in total. The molecule has 0 heterocycles. The average Bonchev–Trinajstić information content (AvgIpc) is 2.72. The van der Waals surface area contributed by atoms with Gasteiger partial charge >= 0.3 is 5.97 Å². The SMILES string of the molecule is COC(=O)c1ccc(NC(=O)C(CCCCN)NC(C)=O)cc1-c1cccc(O)c1. The molecular weight excluding hydrogens is 386 g/mol. The van der Waals surface area contributed by atoms with E-state index in [-0.39, 0.29) is 17.6 Å². The number of phenolic OH excluding ortho intramolecular Hbond substituents is 1. The average molecular weight is 413 g/mol. The number of anilines is 1. The van der Waals surface area contributed by atoms with Crippen LogP contribution in [0.15, 0.2) is 42.5 Å². The standard InChI is InChI=1S/C22H27N3O5/c1-14(26)24-20(8-3-4-11-23)21(28)25-16-9-10-18(22(29)30-2)19(13-16)15-6-5-7-17(27)12-15/h5-7,9-10,12-13,20,27H,3-4,8,11,23H2,1-2H3,(H,24,26)(H,25,28). The predicted octanol–water partition coefficient (Wildman–Crippen LogP) is 2.42. The first-order chi connectivity index (χ1) is 14.3. The first-order valence-corrected chi connectivity index (χ1v) is 9.65. The highest BCUT2D eigenvalue weighted by molar-refractivity contribution is 6.01. The second-order valence-electron chi connectivity index (χ2n) is 6.83. The summed E-state index contributed by atoms with van der Waals surface area (Å²) in [6.07, 6.45) is 1.91. The Hall–Kier alpha value is -3.39. The van der Waals surface area contributed by atoms with Gasteiger partial charge in [0.05, 0.1) is 12.7 Å². The molecule has 2 rings (SSSR count). The van der Waals surface area contributed by atoms with Gasteiger partial charge in [0.2, 0.25) is 11.8 Å². The van der Waals surface area contributed by atoms with Crippen molar-refractivity contribution in [3.63, 3.8) is 0 Å². The van der Waals surface area contributed by atoms with Gasteiger partial charge in [-0.05, 0) is 67.3 Å². The lowest BCUT2D eigenvalue weighted by atomic mass is 9.98. The second-order valence-corrected chi connectivity index (χ2v) is 6.83. The Morgan fingerprint density at radius 3 is 2.53 bits per heavy atom. The Labute approximate surface area is 175 Å². The lowest BCUT2D eigenvalue weighted by Gasteiger charge is -2.18. The number of carbonyl (C=O) groups is 3. The third-order valence-corrected chi connectivity index (χ3v) is 4.49. The van der Waals surface area contributed by atoms with Gasteiger partial charge in [0.25, 0.3) is 0 Å². The Morgan fingerprint density at radius 2 is 1.90 bits per heavy atom. The highest BCUT2D eigenvalue weighted by Gasteiger charge is 2.20. The molecule has 0 aliphatic carbocycles. The molecule has 0 radical (unpaired) electrons. The minimum atomic E-state index is -0.696. The van der Waals surface area contributed by atoms with Crippen LogP contribution >= 0.6 is 0 Å². The van der Waals surface area contributed by atoms with Gasteiger partial charge < -0.3 is 26.2 Å². The molecule has 160 valence electrons. The van der Waals surface area contributed by atoms with Gasteiger partial charge in [-0.2, -0.15) is 0 Å². The first kappa shape index (κ1) is 22.9. The van der Waals surface area contributed by atoms with E-state index in [0.717, 1.165) is 6.42 Å². The summed E-state index contributed by atoms with van der Waals surface area (Å²) in [6, 6.07) is 10.5. The van der Waals surface area contributed by atoms with Crippen molar-refractivity contribution < 1.29 is 24.2 Å². The number of unbranched alkanes of at least 4 members (excludes halogenated alkanes) is 1. The highest BCUT2D eigenvalue weighted by atomic mass is 16.5. The number of hydrogen-bond acceptors (Lipinski definition) is 6. The van der Waals surface area contributed by atoms with Gasteiger partial charge in [0, 0.05) is 12.6 Å². The largest absolute Gasteiger partial charge is 0.508 e. The lowest BCUT2D eigenvalue weighted by Crippen LogP contribution is -2.42. The number of nitrogens with one attached hydrogen (secondary N) is 2. The topological polar surface area (TPSA) is 131 Å². The van der Waals surface area contributed by atoms with Crippen molar-refractivity contribution in [2.75, 3.05) is 19.0 Å². The predicted molar refractivity (Wildman–Crippen MR) is 114 cm³/mol. The van der Waals surface area contributed by atoms with Crippen molar-refractivity contribution in [3.05, 3.63) is 48.0 Å². The molecule has 0 saturated carbocycles. The zero-order valence-corrected chi connectivity index (χ0v) is 17.1. The van der Waals surface area contributed by atoms with Crippen LogP contribution in [-0.4, -0.2) is 42.6 Å². The Bertz CT molecular complexity index is 913. The van der Waals surface area contributed by atoms with Gasteiger partial charge in [-0.3, -0.25) is 9.59 Å². The van der Waals surface area contributed by atoms with Gasteiger partial charge in [0.1, 0.15) is 11.8 Å². The molecule has 0 aliphatic rings. The Balaban J connectivity index is 2.32. The summed E-state index contributed by atoms with van der Waals surface area (Å²) >= 11 is 0. The molecule has 0 spiro atoms. The molecule has 2 aromatic rings. The summed E-state index contributed by atoms with van der Waals surface area (Å²) in [5.41, 5.74) is 7.33. The fourth-order valence-corrected chi connectivity index (χ4v) is 3.06. The summed E-state index contributed by atoms with van der Waals surface area (Å²) in [5, 5.41) is 15.2. The number of esters is 1. The molecule has 2 amide bonds. The molecule has 0 fully saturated rings. The number of rotatable bonds is 9. The molecule has 8 heteroatoms. The molecular formula is C22H27N3O5. The smallest absolute Gasteiger partial charge is 0.338 e. The van der Waals surface area contributed by atoms with Crippen LogP contribution in [0.2, 0.25) is 0 Å². The Morgan fingerprint density at radius 1 is 1.13 bits per heavy atom. The molecule has 8 nitrogen and oxygen atoms in total. The van der Waals surface area contributed by atoms with Crippen LogP contribution in [0.3, 0.4) is 0 Å². The minimum Gasteiger partial charge on any atom is -0.508 e.